The number of nitrogens with two attached hydrogens (primary N) is 1. The number of benzene rings is 2. The number of imidazole rings is 1. The van der Waals surface area contributed by atoms with Crippen molar-refractivity contribution < 1.29 is 0 Å². The topological polar surface area (TPSA) is 54.7 Å². The van der Waals surface area contributed by atoms with Gasteiger partial charge in [0.2, 0.25) is 0 Å². The van der Waals surface area contributed by atoms with Gasteiger partial charge >= 0.3 is 0 Å². The minimum Gasteiger partial charge on any atom is -0.399 e. The van der Waals surface area contributed by atoms with Gasteiger partial charge < -0.3 is 10.7 Å². The van der Waals surface area contributed by atoms with Gasteiger partial charge in [0.25, 0.3) is 0 Å². The molecule has 0 fully saturated rings. The second kappa shape index (κ2) is 4.30. The number of H-pyrrole nitrogens is 1. The number of rotatable bonds is 1. The maximum absolute atomic E-state index is 5.97. The average molecular weight is 323 g/mol. The summed E-state index contributed by atoms with van der Waals surface area (Å²) in [6.45, 7) is 0. The van der Waals surface area contributed by atoms with E-state index in [1.807, 2.05) is 36.4 Å². The second-order valence-electron chi connectivity index (χ2n) is 3.99. The number of nitrogens with zero attached hydrogens (tertiary/aromatic N) is 1. The van der Waals surface area contributed by atoms with Crippen LogP contribution in [0.3, 0.4) is 0 Å². The number of aromatic nitrogens is 2. The van der Waals surface area contributed by atoms with Crippen molar-refractivity contribution in [1.82, 2.24) is 9.97 Å². The number of fused-ring (bicyclic) bond motifs is 1. The van der Waals surface area contributed by atoms with Crippen molar-refractivity contribution in [3.05, 3.63) is 45.9 Å². The average Bonchev–Trinajstić information content (AvgIpc) is 2.75. The number of hydrogen-bond acceptors (Lipinski definition) is 2. The first-order chi connectivity index (χ1) is 8.63. The second-order valence-corrected chi connectivity index (χ2v) is 5.25. The van der Waals surface area contributed by atoms with Gasteiger partial charge in [-0.2, -0.15) is 0 Å². The maximum atomic E-state index is 5.97. The summed E-state index contributed by atoms with van der Waals surface area (Å²) in [5.41, 5.74) is 9.25. The van der Waals surface area contributed by atoms with E-state index in [4.69, 9.17) is 17.3 Å². The Bertz CT molecular complexity index is 736. The van der Waals surface area contributed by atoms with Gasteiger partial charge in [-0.1, -0.05) is 11.6 Å². The van der Waals surface area contributed by atoms with Crippen LogP contribution in [-0.2, 0) is 0 Å². The Morgan fingerprint density at radius 2 is 2.00 bits per heavy atom. The highest BCUT2D eigenvalue weighted by molar-refractivity contribution is 9.10. The van der Waals surface area contributed by atoms with E-state index in [9.17, 15) is 0 Å². The summed E-state index contributed by atoms with van der Waals surface area (Å²) in [6.07, 6.45) is 0. The standard InChI is InChI=1S/C13H9BrClN3/c14-9-5-7(1-3-10(9)15)13-17-11-4-2-8(16)6-12(11)18-13/h1-6H,16H2,(H,17,18). The predicted octanol–water partition coefficient (Wildman–Crippen LogP) is 4.23. The van der Waals surface area contributed by atoms with Crippen LogP contribution in [0, 0.1) is 0 Å². The van der Waals surface area contributed by atoms with Crippen molar-refractivity contribution in [3.8, 4) is 11.4 Å². The van der Waals surface area contributed by atoms with Crippen LogP contribution in [0.25, 0.3) is 22.4 Å². The summed E-state index contributed by atoms with van der Waals surface area (Å²) >= 11 is 9.38. The molecular formula is C13H9BrClN3. The molecule has 1 aromatic heterocycles. The van der Waals surface area contributed by atoms with Gasteiger partial charge in [-0.3, -0.25) is 0 Å². The highest BCUT2D eigenvalue weighted by atomic mass is 79.9. The Kier molecular flexibility index (Phi) is 2.76. The fraction of sp³-hybridized carbons (Fsp3) is 0. The van der Waals surface area contributed by atoms with E-state index in [0.29, 0.717) is 5.02 Å². The fourth-order valence-electron chi connectivity index (χ4n) is 1.81. The zero-order valence-corrected chi connectivity index (χ0v) is 11.6. The largest absolute Gasteiger partial charge is 0.399 e. The molecular weight excluding hydrogens is 314 g/mol. The van der Waals surface area contributed by atoms with Crippen LogP contribution in [0.2, 0.25) is 5.02 Å². The van der Waals surface area contributed by atoms with E-state index >= 15 is 0 Å². The number of nitrogen functional groups attached to an aromatic ring is 1. The first kappa shape index (κ1) is 11.6. The Morgan fingerprint density at radius 3 is 2.78 bits per heavy atom. The molecule has 18 heavy (non-hydrogen) atoms. The van der Waals surface area contributed by atoms with Crippen LogP contribution in [-0.4, -0.2) is 9.97 Å². The Hall–Kier alpha value is -1.52. The van der Waals surface area contributed by atoms with Crippen molar-refractivity contribution in [1.29, 1.82) is 0 Å². The van der Waals surface area contributed by atoms with E-state index in [1.165, 1.54) is 0 Å². The van der Waals surface area contributed by atoms with E-state index in [-0.39, 0.29) is 0 Å². The van der Waals surface area contributed by atoms with Crippen LogP contribution in [0.15, 0.2) is 40.9 Å². The highest BCUT2D eigenvalue weighted by Gasteiger charge is 2.07. The van der Waals surface area contributed by atoms with Gasteiger partial charge in [0, 0.05) is 15.7 Å². The molecule has 0 unspecified atom stereocenters. The lowest BCUT2D eigenvalue weighted by molar-refractivity contribution is 1.33. The molecule has 1 heterocycles. The molecule has 0 amide bonds. The highest BCUT2D eigenvalue weighted by Crippen LogP contribution is 2.28. The summed E-state index contributed by atoms with van der Waals surface area (Å²) in [6, 6.07) is 11.3. The van der Waals surface area contributed by atoms with Crippen LogP contribution in [0.4, 0.5) is 5.69 Å². The van der Waals surface area contributed by atoms with E-state index in [2.05, 4.69) is 25.9 Å². The number of aromatic amines is 1. The van der Waals surface area contributed by atoms with Crippen molar-refractivity contribution in [3.63, 3.8) is 0 Å². The molecule has 0 radical (unpaired) electrons. The Balaban J connectivity index is 2.16. The third-order valence-electron chi connectivity index (χ3n) is 2.70. The third-order valence-corrected chi connectivity index (χ3v) is 3.91. The normalized spacial score (nSPS) is 11.0. The molecule has 0 saturated carbocycles. The Labute approximate surface area is 117 Å². The molecule has 0 aliphatic rings. The quantitative estimate of drug-likeness (QED) is 0.659. The van der Waals surface area contributed by atoms with Gasteiger partial charge in [0.1, 0.15) is 5.82 Å². The minimum absolute atomic E-state index is 0.680. The van der Waals surface area contributed by atoms with Crippen molar-refractivity contribution in [2.45, 2.75) is 0 Å². The SMILES string of the molecule is Nc1ccc2nc(-c3ccc(Cl)c(Br)c3)[nH]c2c1. The summed E-state index contributed by atoms with van der Waals surface area (Å²) in [7, 11) is 0. The molecule has 0 bridgehead atoms. The number of halogens is 2. The molecule has 0 aliphatic heterocycles. The molecule has 2 aromatic carbocycles. The molecule has 0 atom stereocenters. The van der Waals surface area contributed by atoms with Gasteiger partial charge in [-0.05, 0) is 52.3 Å². The van der Waals surface area contributed by atoms with Crippen molar-refractivity contribution in [2.24, 2.45) is 0 Å². The molecule has 3 nitrogen and oxygen atoms in total. The summed E-state index contributed by atoms with van der Waals surface area (Å²) in [5, 5.41) is 0.680. The zero-order chi connectivity index (χ0) is 12.7. The monoisotopic (exact) mass is 321 g/mol. The van der Waals surface area contributed by atoms with E-state index in [0.717, 1.165) is 32.6 Å². The first-order valence-corrected chi connectivity index (χ1v) is 6.51. The molecule has 0 spiro atoms. The maximum Gasteiger partial charge on any atom is 0.138 e. The molecule has 0 saturated heterocycles. The smallest absolute Gasteiger partial charge is 0.138 e. The summed E-state index contributed by atoms with van der Waals surface area (Å²) in [5.74, 6) is 0.799. The van der Waals surface area contributed by atoms with Gasteiger partial charge in [0.05, 0.1) is 16.1 Å². The lowest BCUT2D eigenvalue weighted by atomic mass is 10.2. The number of nitrogens with one attached hydrogen (secondary N) is 1. The van der Waals surface area contributed by atoms with Crippen LogP contribution >= 0.6 is 27.5 Å². The summed E-state index contributed by atoms with van der Waals surface area (Å²) < 4.78 is 0.849. The molecule has 90 valence electrons. The van der Waals surface area contributed by atoms with Crippen LogP contribution in [0.1, 0.15) is 0 Å². The minimum atomic E-state index is 0.680. The molecule has 5 heteroatoms. The lowest BCUT2D eigenvalue weighted by Crippen LogP contribution is -1.82. The molecule has 3 aromatic rings. The number of hydrogen-bond donors (Lipinski definition) is 2. The first-order valence-electron chi connectivity index (χ1n) is 5.34. The van der Waals surface area contributed by atoms with E-state index < -0.39 is 0 Å². The van der Waals surface area contributed by atoms with Crippen LogP contribution < -0.4 is 5.73 Å². The zero-order valence-electron chi connectivity index (χ0n) is 9.24. The Morgan fingerprint density at radius 1 is 1.17 bits per heavy atom. The van der Waals surface area contributed by atoms with Crippen molar-refractivity contribution >= 4 is 44.3 Å². The molecule has 3 N–H and O–H groups in total. The third kappa shape index (κ3) is 1.98. The predicted molar refractivity (Wildman–Crippen MR) is 78.7 cm³/mol. The van der Waals surface area contributed by atoms with Gasteiger partial charge in [-0.15, -0.1) is 0 Å². The molecule has 0 aliphatic carbocycles. The lowest BCUT2D eigenvalue weighted by Gasteiger charge is -1.99. The molecule has 3 rings (SSSR count). The summed E-state index contributed by atoms with van der Waals surface area (Å²) in [4.78, 5) is 7.76. The van der Waals surface area contributed by atoms with Gasteiger partial charge in [0.15, 0.2) is 0 Å². The fourth-order valence-corrected chi connectivity index (χ4v) is 2.30. The number of anilines is 1. The van der Waals surface area contributed by atoms with Gasteiger partial charge in [-0.25, -0.2) is 4.98 Å². The van der Waals surface area contributed by atoms with E-state index in [1.54, 1.807) is 0 Å². The van der Waals surface area contributed by atoms with Crippen molar-refractivity contribution in [2.75, 3.05) is 5.73 Å². The van der Waals surface area contributed by atoms with Crippen LogP contribution in [0.5, 0.6) is 0 Å².